The summed E-state index contributed by atoms with van der Waals surface area (Å²) in [6.45, 7) is 18.1. The van der Waals surface area contributed by atoms with Gasteiger partial charge >= 0.3 is 30.0 Å². The zero-order valence-electron chi connectivity index (χ0n) is 58.0. The van der Waals surface area contributed by atoms with Crippen LogP contribution in [-0.2, 0) is 52.4 Å². The Hall–Kier alpha value is -8.96. The van der Waals surface area contributed by atoms with Gasteiger partial charge in [-0.25, -0.2) is 19.4 Å². The van der Waals surface area contributed by atoms with Gasteiger partial charge in [-0.15, -0.1) is 22.0 Å². The lowest BCUT2D eigenvalue weighted by Gasteiger charge is -2.67. The van der Waals surface area contributed by atoms with Crippen LogP contribution in [0.4, 0.5) is 10.6 Å². The largest absolute Gasteiger partial charge is 0.508 e. The van der Waals surface area contributed by atoms with Crippen molar-refractivity contribution in [1.82, 2.24) is 35.3 Å². The molecule has 4 fully saturated rings. The number of alkyl carbamates (subject to hydrolysis) is 1. The van der Waals surface area contributed by atoms with Crippen molar-refractivity contribution in [3.63, 3.8) is 0 Å². The predicted molar refractivity (Wildman–Crippen MR) is 363 cm³/mol. The third-order valence-corrected chi connectivity index (χ3v) is 21.1. The Morgan fingerprint density at radius 1 is 0.890 bits per heavy atom. The molecule has 2 aromatic heterocycles. The number of esters is 4. The van der Waals surface area contributed by atoms with Gasteiger partial charge in [0.05, 0.1) is 58.6 Å². The molecule has 11 atom stereocenters. The average molecular weight is 1400 g/mol. The number of carbonyl (C=O) groups is 8. The molecular formula is C72H88N8O19S. The van der Waals surface area contributed by atoms with Crippen LogP contribution < -0.4 is 15.5 Å². The molecule has 2 bridgehead atoms. The normalized spacial score (nSPS) is 25.5. The Morgan fingerprint density at radius 3 is 2.16 bits per heavy atom. The van der Waals surface area contributed by atoms with Gasteiger partial charge in [-0.2, -0.15) is 0 Å². The van der Waals surface area contributed by atoms with Crippen LogP contribution in [0.25, 0.3) is 17.1 Å². The lowest BCUT2D eigenvalue weighted by Crippen LogP contribution is -2.81. The minimum atomic E-state index is -2.50. The highest BCUT2D eigenvalue weighted by Gasteiger charge is 2.78. The van der Waals surface area contributed by atoms with Crippen LogP contribution in [0.15, 0.2) is 102 Å². The number of nitrogens with one attached hydrogen (secondary N) is 2. The molecule has 2 saturated carbocycles. The zero-order valence-corrected chi connectivity index (χ0v) is 58.9. The number of fused-ring (bicyclic) bond motifs is 5. The van der Waals surface area contributed by atoms with Crippen molar-refractivity contribution in [2.45, 2.75) is 173 Å². The molecule has 7 N–H and O–H groups in total. The smallest absolute Gasteiger partial charge is 0.408 e. The van der Waals surface area contributed by atoms with Gasteiger partial charge in [0, 0.05) is 64.0 Å². The number of thioether (sulfide) groups is 1. The number of aliphatic hydroxyl groups excluding tert-OH is 2. The number of carbonyl (C=O) groups excluding carboxylic acids is 8. The molecule has 4 heterocycles. The molecule has 5 aliphatic rings. The van der Waals surface area contributed by atoms with Gasteiger partial charge in [0.2, 0.25) is 17.8 Å². The van der Waals surface area contributed by atoms with Crippen LogP contribution in [0.1, 0.15) is 146 Å². The van der Waals surface area contributed by atoms with Crippen LogP contribution in [0.2, 0.25) is 0 Å². The van der Waals surface area contributed by atoms with Crippen molar-refractivity contribution in [1.29, 1.82) is 0 Å². The van der Waals surface area contributed by atoms with E-state index in [2.05, 4.69) is 20.8 Å². The van der Waals surface area contributed by atoms with Crippen LogP contribution in [0, 0.1) is 16.7 Å². The molecule has 2 aliphatic heterocycles. The van der Waals surface area contributed by atoms with Gasteiger partial charge in [0.15, 0.2) is 17.2 Å². The molecule has 0 radical (unpaired) electrons. The minimum absolute atomic E-state index is 0.0261. The number of nitrogens with zero attached hydrogens (tertiary/aromatic N) is 6. The van der Waals surface area contributed by atoms with E-state index < -0.39 is 130 Å². The predicted octanol–water partition coefficient (Wildman–Crippen LogP) is 6.60. The second-order valence-electron chi connectivity index (χ2n) is 28.3. The van der Waals surface area contributed by atoms with Gasteiger partial charge in [-0.1, -0.05) is 76.2 Å². The van der Waals surface area contributed by atoms with Crippen LogP contribution in [0.3, 0.4) is 0 Å². The Morgan fingerprint density at radius 2 is 1.56 bits per heavy atom. The summed E-state index contributed by atoms with van der Waals surface area (Å²) >= 11 is 0.919. The lowest BCUT2D eigenvalue weighted by atomic mass is 9.44. The molecule has 3 aromatic carbocycles. The number of benzene rings is 3. The van der Waals surface area contributed by atoms with Crippen molar-refractivity contribution in [3.8, 4) is 28.6 Å². The van der Waals surface area contributed by atoms with Crippen molar-refractivity contribution >= 4 is 65.1 Å². The molecule has 27 nitrogen and oxygen atoms in total. The van der Waals surface area contributed by atoms with Crippen LogP contribution >= 0.6 is 11.8 Å². The Labute approximate surface area is 583 Å². The fraction of sp³-hybridized carbons (Fsp3) is 0.514. The molecule has 2 saturated heterocycles. The van der Waals surface area contributed by atoms with E-state index in [1.807, 2.05) is 25.8 Å². The van der Waals surface area contributed by atoms with E-state index in [0.29, 0.717) is 49.5 Å². The number of likely N-dealkylation sites (tertiary alicyclic amines) is 1. The standard InChI is InChI=1S/C72H88N8O19S/c1-13-73-64(89)63-77-76-62(46-30-45(38(2)3)47(82)31-48(46)83)80(63)44-24-25-52(74-34-44)78(12)43-26-28-79(29-27-43)53(85)35-100-36-54(86)96-58(56(41-20-16-14-17-21-41)75-67(92)99-68(6,7)8)66(91)95-49-33-72(93)61(97-65(90)42-22-18-15-19-23-42)59-70(11,60(88)57(87)55(39(49)4)69(72,9)10)50(84)32-51-71(59,37-94-51)98-40(5)81/h14-25,30-31,34,38,43,49-51,56-59,61,82-84,87,93H,13,26-29,32-33,35-37H2,1-12H3,(H,73,89)(H,75,92)/t49-,50-,51+,56-,57+,58+,59-,61-,70+,71-,72+/m0/s1. The fourth-order valence-electron chi connectivity index (χ4n) is 14.9. The highest BCUT2D eigenvalue weighted by atomic mass is 32.2. The van der Waals surface area contributed by atoms with Gasteiger partial charge in [0.1, 0.15) is 59.0 Å². The second kappa shape index (κ2) is 28.9. The van der Waals surface area contributed by atoms with Crippen molar-refractivity contribution < 1.29 is 92.3 Å². The van der Waals surface area contributed by atoms with Crippen LogP contribution in [0.5, 0.6) is 11.5 Å². The highest BCUT2D eigenvalue weighted by molar-refractivity contribution is 8.00. The molecule has 3 amide bonds. The first-order chi connectivity index (χ1) is 47.2. The summed E-state index contributed by atoms with van der Waals surface area (Å²) in [5.41, 5.74) is -7.85. The van der Waals surface area contributed by atoms with Gasteiger partial charge in [-0.3, -0.25) is 28.5 Å². The van der Waals surface area contributed by atoms with E-state index in [4.69, 9.17) is 33.4 Å². The van der Waals surface area contributed by atoms with E-state index >= 15 is 9.59 Å². The molecule has 536 valence electrons. The zero-order chi connectivity index (χ0) is 72.7. The molecule has 0 spiro atoms. The number of Topliss-reactive ketones (excluding diaryl/α,β-unsaturated/α-hetero) is 1. The number of aromatic hydroxyl groups is 2. The summed E-state index contributed by atoms with van der Waals surface area (Å²) in [5, 5.41) is 74.2. The molecular weight excluding hydrogens is 1310 g/mol. The Bertz CT molecular complexity index is 3970. The fourth-order valence-corrected chi connectivity index (χ4v) is 15.6. The summed E-state index contributed by atoms with van der Waals surface area (Å²) in [4.78, 5) is 122. The number of phenols is 2. The monoisotopic (exact) mass is 1400 g/mol. The second-order valence-corrected chi connectivity index (χ2v) is 29.2. The first kappa shape index (κ1) is 73.7. The number of anilines is 1. The summed E-state index contributed by atoms with van der Waals surface area (Å²) in [6, 6.07) is 20.5. The maximum absolute atomic E-state index is 15.5. The maximum Gasteiger partial charge on any atom is 0.408 e. The first-order valence-corrected chi connectivity index (χ1v) is 34.5. The lowest BCUT2D eigenvalue weighted by molar-refractivity contribution is -0.346. The quantitative estimate of drug-likeness (QED) is 0.0245. The van der Waals surface area contributed by atoms with Crippen LogP contribution in [-0.4, -0.2) is 202 Å². The number of rotatable bonds is 20. The minimum Gasteiger partial charge on any atom is -0.508 e. The Balaban J connectivity index is 0.877. The van der Waals surface area contributed by atoms with E-state index in [0.717, 1.165) is 18.7 Å². The number of ether oxygens (including phenoxy) is 6. The first-order valence-electron chi connectivity index (χ1n) is 33.4. The van der Waals surface area contributed by atoms with Crippen molar-refractivity contribution in [3.05, 3.63) is 125 Å². The number of amides is 3. The van der Waals surface area contributed by atoms with E-state index in [9.17, 15) is 54.3 Å². The molecule has 3 aliphatic carbocycles. The number of ketones is 1. The van der Waals surface area contributed by atoms with E-state index in [1.165, 1.54) is 50.5 Å². The maximum atomic E-state index is 15.5. The molecule has 100 heavy (non-hydrogen) atoms. The van der Waals surface area contributed by atoms with Crippen molar-refractivity contribution in [2.24, 2.45) is 16.7 Å². The van der Waals surface area contributed by atoms with Gasteiger partial charge in [0.25, 0.3) is 5.91 Å². The third-order valence-electron chi connectivity index (χ3n) is 20.2. The number of hydrogen-bond donors (Lipinski definition) is 7. The van der Waals surface area contributed by atoms with E-state index in [1.54, 1.807) is 106 Å². The number of pyridine rings is 1. The summed E-state index contributed by atoms with van der Waals surface area (Å²) in [6.07, 6.45) is -9.69. The molecule has 5 aromatic rings. The number of hydrogen-bond acceptors (Lipinski definition) is 24. The topological polar surface area (TPSA) is 367 Å². The summed E-state index contributed by atoms with van der Waals surface area (Å²) < 4.78 is 38.1. The number of piperidine rings is 1. The molecule has 0 unspecified atom stereocenters. The third kappa shape index (κ3) is 14.1. The summed E-state index contributed by atoms with van der Waals surface area (Å²) in [5.74, 6) is -7.94. The van der Waals surface area contributed by atoms with Gasteiger partial charge in [-0.05, 0) is 113 Å². The Kier molecular flexibility index (Phi) is 21.3. The van der Waals surface area contributed by atoms with Gasteiger partial charge < -0.3 is 74.4 Å². The average Bonchev–Trinajstić information content (AvgIpc) is 0.682. The summed E-state index contributed by atoms with van der Waals surface area (Å²) in [7, 11) is 1.88. The SMILES string of the molecule is CCNC(=O)c1nnc(-c2cc(C(C)C)c(O)cc2O)n1-c1ccc(N(C)C2CCN(C(=O)CSCC(=O)O[C@@H](C(=O)O[C@H]3C[C@@]4(O)[C@@H](OC(=O)c5ccccc5)[C@@H]5[C@]6(OC(C)=O)CO[C@@H]6C[C@H](O)[C@@]5(C)C(=O)[C@H](O)C(=C3C)C4(C)C)[C@@H](NC(=O)OC(C)(C)C)c3ccccc3)CC2)nc1. The number of aromatic nitrogens is 4. The number of aliphatic hydroxyl groups is 3. The molecule has 28 heteroatoms. The van der Waals surface area contributed by atoms with E-state index in [-0.39, 0.29) is 87.6 Å². The number of phenolic OH excluding ortho intramolecular Hbond substituents is 2. The molecule has 10 rings (SSSR count). The highest BCUT2D eigenvalue weighted by Crippen LogP contribution is 2.64. The van der Waals surface area contributed by atoms with Crippen molar-refractivity contribution in [2.75, 3.05) is 49.7 Å².